The molecule has 0 bridgehead atoms. The molecule has 0 radical (unpaired) electrons. The van der Waals surface area contributed by atoms with Gasteiger partial charge in [-0.25, -0.2) is 0 Å². The van der Waals surface area contributed by atoms with Crippen molar-refractivity contribution < 1.29 is 42.2 Å². The van der Waals surface area contributed by atoms with Gasteiger partial charge in [-0.2, -0.15) is 6.07 Å². The van der Waals surface area contributed by atoms with Crippen LogP contribution in [0.25, 0.3) is 0 Å². The molecule has 2 aromatic rings. The van der Waals surface area contributed by atoms with Crippen molar-refractivity contribution in [2.75, 3.05) is 12.5 Å². The smallest absolute Gasteiger partial charge is 0.553 e. The number of halogens is 1. The standard InChI is InChI=1S/C16H16ClN2O2.Y/c1-10-4-6-13(8-11(10)2)18-19-16(20)14-9-12(17)5-7-15(14)21-3;/h4,6-9,18H,1-3H3,(H,19,20);/q-1;+3. The van der Waals surface area contributed by atoms with Crippen molar-refractivity contribution in [2.24, 2.45) is 0 Å². The molecule has 0 unspecified atom stereocenters. The number of anilines is 1. The van der Waals surface area contributed by atoms with Crippen molar-refractivity contribution >= 4 is 23.2 Å². The summed E-state index contributed by atoms with van der Waals surface area (Å²) in [5.74, 6) is 0.0831. The molecule has 1 amide bonds. The maximum Gasteiger partial charge on any atom is 3.00 e. The van der Waals surface area contributed by atoms with Gasteiger partial charge in [0.05, 0.1) is 12.8 Å². The number of carbonyl (C=O) groups is 1. The molecule has 0 aromatic heterocycles. The van der Waals surface area contributed by atoms with Gasteiger partial charge in [0.2, 0.25) is 5.91 Å². The summed E-state index contributed by atoms with van der Waals surface area (Å²) in [6.07, 6.45) is 0. The Morgan fingerprint density at radius 3 is 2.59 bits per heavy atom. The quantitative estimate of drug-likeness (QED) is 0.618. The second-order valence-electron chi connectivity index (χ2n) is 4.64. The van der Waals surface area contributed by atoms with Crippen molar-refractivity contribution in [3.05, 3.63) is 58.1 Å². The molecule has 0 atom stereocenters. The fourth-order valence-electron chi connectivity index (χ4n) is 1.81. The minimum atomic E-state index is -0.332. The van der Waals surface area contributed by atoms with Gasteiger partial charge in [0, 0.05) is 5.75 Å². The van der Waals surface area contributed by atoms with E-state index in [1.807, 2.05) is 32.0 Å². The summed E-state index contributed by atoms with van der Waals surface area (Å²) in [6, 6.07) is 11.7. The molecule has 0 aliphatic carbocycles. The molecule has 6 heteroatoms. The van der Waals surface area contributed by atoms with Gasteiger partial charge in [0.15, 0.2) is 0 Å². The SMILES string of the molecule is COc1c[c-]c(Cl)cc1C(=O)NNc1ccc(C)c(C)c1.[Y+3]. The van der Waals surface area contributed by atoms with E-state index in [9.17, 15) is 4.79 Å². The molecule has 2 N–H and O–H groups in total. The van der Waals surface area contributed by atoms with E-state index in [0.717, 1.165) is 11.3 Å². The molecule has 0 heterocycles. The third-order valence-corrected chi connectivity index (χ3v) is 3.39. The topological polar surface area (TPSA) is 50.4 Å². The largest absolute Gasteiger partial charge is 3.00 e. The summed E-state index contributed by atoms with van der Waals surface area (Å²) in [7, 11) is 1.49. The zero-order valence-electron chi connectivity index (χ0n) is 12.7. The Morgan fingerprint density at radius 2 is 1.95 bits per heavy atom. The van der Waals surface area contributed by atoms with Crippen LogP contribution >= 0.6 is 11.6 Å². The van der Waals surface area contributed by atoms with Gasteiger partial charge in [-0.05, 0) is 42.7 Å². The van der Waals surface area contributed by atoms with Crippen LogP contribution in [0, 0.1) is 19.9 Å². The van der Waals surface area contributed by atoms with E-state index >= 15 is 0 Å². The monoisotopic (exact) mass is 392 g/mol. The van der Waals surface area contributed by atoms with E-state index < -0.39 is 0 Å². The molecule has 110 valence electrons. The van der Waals surface area contributed by atoms with Gasteiger partial charge in [-0.1, -0.05) is 11.1 Å². The summed E-state index contributed by atoms with van der Waals surface area (Å²) < 4.78 is 5.13. The molecule has 22 heavy (non-hydrogen) atoms. The first-order chi connectivity index (χ1) is 10.0. The number of methoxy groups -OCH3 is 1. The number of hydrogen-bond donors (Lipinski definition) is 2. The molecule has 0 saturated carbocycles. The Morgan fingerprint density at radius 1 is 1.23 bits per heavy atom. The van der Waals surface area contributed by atoms with Crippen molar-refractivity contribution in [3.63, 3.8) is 0 Å². The Bertz CT molecular complexity index is 677. The van der Waals surface area contributed by atoms with E-state index in [0.29, 0.717) is 16.3 Å². The van der Waals surface area contributed by atoms with Crippen LogP contribution in [0.4, 0.5) is 5.69 Å². The summed E-state index contributed by atoms with van der Waals surface area (Å²) in [5.41, 5.74) is 8.98. The van der Waals surface area contributed by atoms with Crippen molar-refractivity contribution in [3.8, 4) is 5.75 Å². The molecule has 2 aromatic carbocycles. The first kappa shape index (κ1) is 19.0. The van der Waals surface area contributed by atoms with Gasteiger partial charge in [0.1, 0.15) is 0 Å². The zero-order valence-corrected chi connectivity index (χ0v) is 16.3. The fourth-order valence-corrected chi connectivity index (χ4v) is 1.98. The van der Waals surface area contributed by atoms with Crippen LogP contribution in [0.2, 0.25) is 5.02 Å². The van der Waals surface area contributed by atoms with E-state index in [4.69, 9.17) is 16.3 Å². The van der Waals surface area contributed by atoms with Crippen LogP contribution < -0.4 is 15.6 Å². The van der Waals surface area contributed by atoms with Crippen molar-refractivity contribution in [1.82, 2.24) is 5.43 Å². The number of aryl methyl sites for hydroxylation is 2. The number of carbonyl (C=O) groups excluding carboxylic acids is 1. The van der Waals surface area contributed by atoms with Gasteiger partial charge in [-0.3, -0.25) is 15.6 Å². The average molecular weight is 393 g/mol. The summed E-state index contributed by atoms with van der Waals surface area (Å²) in [6.45, 7) is 4.04. The minimum absolute atomic E-state index is 0. The third kappa shape index (κ3) is 4.70. The molecule has 2 rings (SSSR count). The third-order valence-electron chi connectivity index (χ3n) is 3.17. The Hall–Kier alpha value is -1.10. The van der Waals surface area contributed by atoms with Gasteiger partial charge in [-0.15, -0.1) is 23.7 Å². The number of benzene rings is 2. The Labute approximate surface area is 160 Å². The van der Waals surface area contributed by atoms with E-state index in [1.165, 1.54) is 24.8 Å². The van der Waals surface area contributed by atoms with E-state index in [2.05, 4.69) is 16.9 Å². The van der Waals surface area contributed by atoms with Crippen LogP contribution in [0.5, 0.6) is 5.75 Å². The number of nitrogens with one attached hydrogen (secondary N) is 2. The molecular weight excluding hydrogens is 377 g/mol. The number of hydrazine groups is 1. The second-order valence-corrected chi connectivity index (χ2v) is 5.05. The van der Waals surface area contributed by atoms with Crippen LogP contribution in [-0.4, -0.2) is 13.0 Å². The van der Waals surface area contributed by atoms with Crippen molar-refractivity contribution in [2.45, 2.75) is 13.8 Å². The Kier molecular flexibility index (Phi) is 7.33. The molecule has 0 saturated heterocycles. The van der Waals surface area contributed by atoms with Crippen LogP contribution in [0.3, 0.4) is 0 Å². The molecule has 0 spiro atoms. The maximum absolute atomic E-state index is 12.2. The fraction of sp³-hybridized carbons (Fsp3) is 0.188. The first-order valence-electron chi connectivity index (χ1n) is 6.40. The first-order valence-corrected chi connectivity index (χ1v) is 6.78. The van der Waals surface area contributed by atoms with Crippen LogP contribution in [0.15, 0.2) is 30.3 Å². The van der Waals surface area contributed by atoms with Crippen molar-refractivity contribution in [1.29, 1.82) is 0 Å². The van der Waals surface area contributed by atoms with Gasteiger partial charge < -0.3 is 4.74 Å². The molecule has 4 nitrogen and oxygen atoms in total. The predicted molar refractivity (Wildman–Crippen MR) is 83.8 cm³/mol. The summed E-state index contributed by atoms with van der Waals surface area (Å²) >= 11 is 5.86. The minimum Gasteiger partial charge on any atom is -0.553 e. The number of rotatable bonds is 4. The van der Waals surface area contributed by atoms with Gasteiger partial charge >= 0.3 is 32.7 Å². The summed E-state index contributed by atoms with van der Waals surface area (Å²) in [5, 5.41) is 0.354. The van der Waals surface area contributed by atoms with Gasteiger partial charge in [0.25, 0.3) is 0 Å². The maximum atomic E-state index is 12.2. The second kappa shape index (κ2) is 8.51. The van der Waals surface area contributed by atoms with E-state index in [1.54, 1.807) is 0 Å². The molecule has 0 aliphatic rings. The molecule has 0 aliphatic heterocycles. The Balaban J connectivity index is 0.00000242. The molecule has 0 fully saturated rings. The molecular formula is C16H16ClN2O2Y+2. The number of hydrogen-bond acceptors (Lipinski definition) is 3. The number of ether oxygens (including phenoxy) is 1. The normalized spacial score (nSPS) is 9.64. The van der Waals surface area contributed by atoms with Crippen LogP contribution in [0.1, 0.15) is 21.5 Å². The average Bonchev–Trinajstić information content (AvgIpc) is 2.48. The summed E-state index contributed by atoms with van der Waals surface area (Å²) in [4.78, 5) is 12.2. The van der Waals surface area contributed by atoms with Crippen LogP contribution in [-0.2, 0) is 32.7 Å². The number of amides is 1. The van der Waals surface area contributed by atoms with E-state index in [-0.39, 0.29) is 38.6 Å². The predicted octanol–water partition coefficient (Wildman–Crippen LogP) is 3.52. The zero-order chi connectivity index (χ0) is 15.4.